The zero-order chi connectivity index (χ0) is 12.3. The minimum atomic E-state index is -0.817. The maximum absolute atomic E-state index is 10.7. The third kappa shape index (κ3) is 2.85. The second-order valence-corrected chi connectivity index (χ2v) is 3.95. The summed E-state index contributed by atoms with van der Waals surface area (Å²) in [5.41, 5.74) is 0.842. The Labute approximate surface area is 99.4 Å². The molecule has 0 spiro atoms. The van der Waals surface area contributed by atoms with Crippen LogP contribution in [0.5, 0.6) is 0 Å². The zero-order valence-electron chi connectivity index (χ0n) is 9.72. The fourth-order valence-corrected chi connectivity index (χ4v) is 1.81. The molecule has 1 N–H and O–H groups in total. The van der Waals surface area contributed by atoms with Gasteiger partial charge in [0.2, 0.25) is 0 Å². The van der Waals surface area contributed by atoms with E-state index < -0.39 is 5.97 Å². The molecular formula is C13H15NO3. The van der Waals surface area contributed by atoms with Gasteiger partial charge in [-0.15, -0.1) is 0 Å². The predicted molar refractivity (Wildman–Crippen MR) is 64.8 cm³/mol. The van der Waals surface area contributed by atoms with E-state index in [1.54, 1.807) is 0 Å². The Bertz CT molecular complexity index is 485. The van der Waals surface area contributed by atoms with Crippen LogP contribution in [0.1, 0.15) is 12.7 Å². The van der Waals surface area contributed by atoms with Crippen molar-refractivity contribution in [1.29, 1.82) is 0 Å². The summed E-state index contributed by atoms with van der Waals surface area (Å²) in [5, 5.41) is 9.81. The minimum absolute atomic E-state index is 0.0353. The number of nitrogens with zero attached hydrogens (tertiary/aromatic N) is 1. The van der Waals surface area contributed by atoms with Crippen molar-refractivity contribution < 1.29 is 14.3 Å². The number of fused-ring (bicyclic) bond motifs is 1. The Morgan fingerprint density at radius 3 is 2.82 bits per heavy atom. The fraction of sp³-hybridized carbons (Fsp3) is 0.308. The molecule has 1 aromatic carbocycles. The van der Waals surface area contributed by atoms with Crippen molar-refractivity contribution in [1.82, 2.24) is 4.90 Å². The third-order valence-electron chi connectivity index (χ3n) is 2.66. The summed E-state index contributed by atoms with van der Waals surface area (Å²) in [6, 6.07) is 9.73. The summed E-state index contributed by atoms with van der Waals surface area (Å²) in [6.45, 7) is 3.18. The number of benzene rings is 1. The zero-order valence-corrected chi connectivity index (χ0v) is 9.72. The molecule has 0 saturated heterocycles. The quantitative estimate of drug-likeness (QED) is 0.861. The standard InChI is InChI=1S/C13H15NO3/c1-2-14(9-13(15)16)8-11-7-10-5-3-4-6-12(10)17-11/h3-7H,2,8-9H2,1H3,(H,15,16). The van der Waals surface area contributed by atoms with Crippen LogP contribution in [0, 0.1) is 0 Å². The number of hydrogen-bond donors (Lipinski definition) is 1. The first-order valence-electron chi connectivity index (χ1n) is 5.60. The van der Waals surface area contributed by atoms with Crippen LogP contribution in [0.3, 0.4) is 0 Å². The van der Waals surface area contributed by atoms with E-state index in [0.717, 1.165) is 16.7 Å². The molecule has 0 bridgehead atoms. The number of aliphatic carboxylic acids is 1. The van der Waals surface area contributed by atoms with Gasteiger partial charge in [0.1, 0.15) is 11.3 Å². The van der Waals surface area contributed by atoms with Gasteiger partial charge in [0, 0.05) is 5.39 Å². The highest BCUT2D eigenvalue weighted by molar-refractivity contribution is 5.77. The maximum atomic E-state index is 10.7. The normalized spacial score (nSPS) is 11.2. The largest absolute Gasteiger partial charge is 0.480 e. The second kappa shape index (κ2) is 5.01. The summed E-state index contributed by atoms with van der Waals surface area (Å²) < 4.78 is 5.65. The van der Waals surface area contributed by atoms with Crippen molar-refractivity contribution in [2.24, 2.45) is 0 Å². The lowest BCUT2D eigenvalue weighted by Gasteiger charge is -2.15. The van der Waals surface area contributed by atoms with Crippen LogP contribution in [0.15, 0.2) is 34.7 Å². The maximum Gasteiger partial charge on any atom is 0.317 e. The van der Waals surface area contributed by atoms with Crippen LogP contribution < -0.4 is 0 Å². The van der Waals surface area contributed by atoms with Crippen molar-refractivity contribution in [3.8, 4) is 0 Å². The Hall–Kier alpha value is -1.81. The summed E-state index contributed by atoms with van der Waals surface area (Å²) in [6.07, 6.45) is 0. The van der Waals surface area contributed by atoms with Gasteiger partial charge in [0.05, 0.1) is 13.1 Å². The van der Waals surface area contributed by atoms with Gasteiger partial charge in [-0.3, -0.25) is 9.69 Å². The second-order valence-electron chi connectivity index (χ2n) is 3.95. The van der Waals surface area contributed by atoms with Gasteiger partial charge in [-0.25, -0.2) is 0 Å². The predicted octanol–water partition coefficient (Wildman–Crippen LogP) is 2.34. The van der Waals surface area contributed by atoms with Gasteiger partial charge in [-0.05, 0) is 18.7 Å². The first-order chi connectivity index (χ1) is 8.19. The number of likely N-dealkylation sites (N-methyl/N-ethyl adjacent to an activating group) is 1. The van der Waals surface area contributed by atoms with Crippen LogP contribution in [-0.2, 0) is 11.3 Å². The van der Waals surface area contributed by atoms with Gasteiger partial charge in [-0.2, -0.15) is 0 Å². The van der Waals surface area contributed by atoms with Crippen LogP contribution in [-0.4, -0.2) is 29.1 Å². The molecule has 0 unspecified atom stereocenters. The lowest BCUT2D eigenvalue weighted by Crippen LogP contribution is -2.28. The first-order valence-corrected chi connectivity index (χ1v) is 5.60. The van der Waals surface area contributed by atoms with E-state index in [2.05, 4.69) is 0 Å². The van der Waals surface area contributed by atoms with Gasteiger partial charge in [0.15, 0.2) is 0 Å². The number of para-hydroxylation sites is 1. The van der Waals surface area contributed by atoms with Crippen LogP contribution in [0.4, 0.5) is 0 Å². The van der Waals surface area contributed by atoms with Crippen molar-refractivity contribution in [2.45, 2.75) is 13.5 Å². The molecule has 0 amide bonds. The van der Waals surface area contributed by atoms with Gasteiger partial charge >= 0.3 is 5.97 Å². The molecule has 1 heterocycles. The summed E-state index contributed by atoms with van der Waals surface area (Å²) in [7, 11) is 0. The molecule has 0 atom stereocenters. The number of rotatable bonds is 5. The van der Waals surface area contributed by atoms with Gasteiger partial charge < -0.3 is 9.52 Å². The molecule has 0 aliphatic heterocycles. The average Bonchev–Trinajstić information content (AvgIpc) is 2.69. The minimum Gasteiger partial charge on any atom is -0.480 e. The lowest BCUT2D eigenvalue weighted by molar-refractivity contribution is -0.138. The molecule has 17 heavy (non-hydrogen) atoms. The van der Waals surface area contributed by atoms with E-state index in [9.17, 15) is 4.79 Å². The Morgan fingerprint density at radius 1 is 1.41 bits per heavy atom. The van der Waals surface area contributed by atoms with Crippen molar-refractivity contribution in [2.75, 3.05) is 13.1 Å². The highest BCUT2D eigenvalue weighted by Gasteiger charge is 2.11. The number of carbonyl (C=O) groups is 1. The molecule has 0 radical (unpaired) electrons. The van der Waals surface area contributed by atoms with E-state index in [1.165, 1.54) is 0 Å². The van der Waals surface area contributed by atoms with E-state index in [1.807, 2.05) is 42.2 Å². The van der Waals surface area contributed by atoms with Crippen molar-refractivity contribution in [3.05, 3.63) is 36.1 Å². The van der Waals surface area contributed by atoms with E-state index in [0.29, 0.717) is 13.1 Å². The molecule has 2 aromatic rings. The Morgan fingerprint density at radius 2 is 2.18 bits per heavy atom. The summed E-state index contributed by atoms with van der Waals surface area (Å²) in [5.74, 6) is -0.0164. The molecule has 4 nitrogen and oxygen atoms in total. The van der Waals surface area contributed by atoms with Crippen LogP contribution in [0.25, 0.3) is 11.0 Å². The van der Waals surface area contributed by atoms with Gasteiger partial charge in [0.25, 0.3) is 0 Å². The van der Waals surface area contributed by atoms with Crippen molar-refractivity contribution in [3.63, 3.8) is 0 Å². The Balaban J connectivity index is 2.14. The molecule has 4 heteroatoms. The highest BCUT2D eigenvalue weighted by Crippen LogP contribution is 2.19. The molecular weight excluding hydrogens is 218 g/mol. The van der Waals surface area contributed by atoms with Crippen LogP contribution in [0.2, 0.25) is 0 Å². The lowest BCUT2D eigenvalue weighted by atomic mass is 10.2. The Kier molecular flexibility index (Phi) is 3.44. The van der Waals surface area contributed by atoms with E-state index >= 15 is 0 Å². The molecule has 0 saturated carbocycles. The molecule has 2 rings (SSSR count). The summed E-state index contributed by atoms with van der Waals surface area (Å²) in [4.78, 5) is 12.5. The topological polar surface area (TPSA) is 53.7 Å². The summed E-state index contributed by atoms with van der Waals surface area (Å²) >= 11 is 0. The van der Waals surface area contributed by atoms with Crippen LogP contribution >= 0.6 is 0 Å². The highest BCUT2D eigenvalue weighted by atomic mass is 16.4. The van der Waals surface area contributed by atoms with Gasteiger partial charge in [-0.1, -0.05) is 25.1 Å². The van der Waals surface area contributed by atoms with Crippen molar-refractivity contribution >= 4 is 16.9 Å². The fourth-order valence-electron chi connectivity index (χ4n) is 1.81. The SMILES string of the molecule is CCN(CC(=O)O)Cc1cc2ccccc2o1. The molecule has 0 aliphatic rings. The number of hydrogen-bond acceptors (Lipinski definition) is 3. The van der Waals surface area contributed by atoms with E-state index in [-0.39, 0.29) is 6.54 Å². The molecule has 0 aliphatic carbocycles. The number of furan rings is 1. The monoisotopic (exact) mass is 233 g/mol. The third-order valence-corrected chi connectivity index (χ3v) is 2.66. The molecule has 0 fully saturated rings. The number of carboxylic acids is 1. The number of carboxylic acid groups (broad SMARTS) is 1. The molecule has 1 aromatic heterocycles. The smallest absolute Gasteiger partial charge is 0.317 e. The average molecular weight is 233 g/mol. The van der Waals surface area contributed by atoms with E-state index in [4.69, 9.17) is 9.52 Å². The molecule has 90 valence electrons. The first kappa shape index (κ1) is 11.7.